The van der Waals surface area contributed by atoms with Crippen molar-refractivity contribution in [2.45, 2.75) is 72.0 Å². The van der Waals surface area contributed by atoms with Crippen LogP contribution in [0.5, 0.6) is 5.75 Å². The minimum absolute atomic E-state index is 0.0734. The van der Waals surface area contributed by atoms with Crippen LogP contribution < -0.4 is 10.4 Å². The Morgan fingerprint density at radius 2 is 1.88 bits per heavy atom. The van der Waals surface area contributed by atoms with Crippen molar-refractivity contribution in [3.8, 4) is 5.75 Å². The Morgan fingerprint density at radius 1 is 1.12 bits per heavy atom. The lowest BCUT2D eigenvalue weighted by molar-refractivity contribution is -0.210. The molecule has 2 aliphatic rings. The van der Waals surface area contributed by atoms with Crippen LogP contribution in [0.2, 0.25) is 0 Å². The van der Waals surface area contributed by atoms with Crippen molar-refractivity contribution in [1.82, 2.24) is 0 Å². The number of esters is 1. The molecule has 6 nitrogen and oxygen atoms in total. The fourth-order valence-corrected chi connectivity index (χ4v) is 6.60. The molecule has 0 amide bonds. The fraction of sp³-hybridized carbons (Fsp3) is 0.615. The second-order valence-electron chi connectivity index (χ2n) is 10.7. The number of ether oxygens (including phenoxy) is 2. The monoisotopic (exact) mass is 442 g/mol. The number of hydrogen-bond acceptors (Lipinski definition) is 6. The van der Waals surface area contributed by atoms with E-state index >= 15 is 0 Å². The Morgan fingerprint density at radius 3 is 2.59 bits per heavy atom. The van der Waals surface area contributed by atoms with Gasteiger partial charge in [-0.05, 0) is 68.2 Å². The normalized spacial score (nSPS) is 34.0. The molecule has 1 N–H and O–H groups in total. The molecule has 0 aliphatic heterocycles. The van der Waals surface area contributed by atoms with Gasteiger partial charge in [0, 0.05) is 29.7 Å². The molecule has 1 heterocycles. The van der Waals surface area contributed by atoms with Crippen LogP contribution in [0.15, 0.2) is 39.5 Å². The highest BCUT2D eigenvalue weighted by Crippen LogP contribution is 2.62. The van der Waals surface area contributed by atoms with Gasteiger partial charge in [-0.25, -0.2) is 4.79 Å². The van der Waals surface area contributed by atoms with Crippen molar-refractivity contribution in [2.75, 3.05) is 6.61 Å². The lowest BCUT2D eigenvalue weighted by Crippen LogP contribution is -2.62. The third-order valence-corrected chi connectivity index (χ3v) is 8.27. The zero-order valence-corrected chi connectivity index (χ0v) is 19.6. The van der Waals surface area contributed by atoms with Gasteiger partial charge in [-0.3, -0.25) is 4.79 Å². The van der Waals surface area contributed by atoms with E-state index in [-0.39, 0.29) is 34.4 Å². The molecule has 6 heteroatoms. The summed E-state index contributed by atoms with van der Waals surface area (Å²) in [5.41, 5.74) is -1.04. The van der Waals surface area contributed by atoms with Crippen LogP contribution in [-0.4, -0.2) is 29.4 Å². The number of carbonyl (C=O) groups is 1. The van der Waals surface area contributed by atoms with E-state index in [0.717, 1.165) is 24.6 Å². The Balaban J connectivity index is 1.59. The molecule has 1 aromatic heterocycles. The molecule has 2 fully saturated rings. The van der Waals surface area contributed by atoms with Crippen LogP contribution in [0.3, 0.4) is 0 Å². The zero-order chi connectivity index (χ0) is 23.3. The van der Waals surface area contributed by atoms with Crippen molar-refractivity contribution >= 4 is 16.9 Å². The van der Waals surface area contributed by atoms with E-state index < -0.39 is 5.60 Å². The van der Waals surface area contributed by atoms with Crippen molar-refractivity contribution in [2.24, 2.45) is 22.7 Å². The van der Waals surface area contributed by atoms with E-state index in [1.54, 1.807) is 18.2 Å². The van der Waals surface area contributed by atoms with Gasteiger partial charge in [-0.2, -0.15) is 0 Å². The largest absolute Gasteiger partial charge is 0.493 e. The maximum Gasteiger partial charge on any atom is 0.336 e. The molecule has 5 atom stereocenters. The first-order chi connectivity index (χ1) is 14.9. The van der Waals surface area contributed by atoms with Gasteiger partial charge in [0.2, 0.25) is 0 Å². The van der Waals surface area contributed by atoms with Crippen molar-refractivity contribution < 1.29 is 23.8 Å². The Labute approximate surface area is 188 Å². The standard InChI is InChI=1S/C26H34O6/c1-16(27)31-22-11-12-25(4)20(24(22,2)3)10-13-26(5,29)21(25)15-30-18-7-8-19-17(14-18)6-9-23(28)32-19/h6-9,14,20-22,29H,10-13,15H2,1-5H3/t20-,21+,22-,25+,26+/m1/s1. The topological polar surface area (TPSA) is 86.0 Å². The average molecular weight is 443 g/mol. The zero-order valence-electron chi connectivity index (χ0n) is 19.6. The van der Waals surface area contributed by atoms with Gasteiger partial charge >= 0.3 is 11.6 Å². The summed E-state index contributed by atoms with van der Waals surface area (Å²) in [6, 6.07) is 8.51. The van der Waals surface area contributed by atoms with Gasteiger partial charge in [0.15, 0.2) is 0 Å². The van der Waals surface area contributed by atoms with Crippen molar-refractivity contribution in [3.05, 3.63) is 40.8 Å². The SMILES string of the molecule is CC(=O)O[C@@H]1CC[C@@]2(C)[C@H](CC[C@](C)(O)[C@H]2COc2ccc3oc(=O)ccc3c2)C1(C)C. The third-order valence-electron chi connectivity index (χ3n) is 8.27. The first kappa shape index (κ1) is 22.8. The summed E-state index contributed by atoms with van der Waals surface area (Å²) < 4.78 is 17.1. The number of fused-ring (bicyclic) bond motifs is 2. The van der Waals surface area contributed by atoms with E-state index in [1.165, 1.54) is 13.0 Å². The molecule has 32 heavy (non-hydrogen) atoms. The van der Waals surface area contributed by atoms with Crippen LogP contribution in [0, 0.1) is 22.7 Å². The van der Waals surface area contributed by atoms with Crippen molar-refractivity contribution in [1.29, 1.82) is 0 Å². The molecule has 0 spiro atoms. The molecular formula is C26H34O6. The maximum atomic E-state index is 11.7. The lowest BCUT2D eigenvalue weighted by Gasteiger charge is -2.62. The van der Waals surface area contributed by atoms with Crippen LogP contribution in [-0.2, 0) is 9.53 Å². The molecule has 2 saturated carbocycles. The second kappa shape index (κ2) is 7.91. The summed E-state index contributed by atoms with van der Waals surface area (Å²) >= 11 is 0. The van der Waals surface area contributed by atoms with Crippen molar-refractivity contribution in [3.63, 3.8) is 0 Å². The number of aliphatic hydroxyl groups is 1. The Hall–Kier alpha value is -2.34. The van der Waals surface area contributed by atoms with Gasteiger partial charge in [0.25, 0.3) is 0 Å². The summed E-state index contributed by atoms with van der Waals surface area (Å²) in [4.78, 5) is 23.1. The molecule has 1 aromatic carbocycles. The van der Waals surface area contributed by atoms with Gasteiger partial charge in [0.1, 0.15) is 17.4 Å². The van der Waals surface area contributed by atoms with Gasteiger partial charge in [0.05, 0.1) is 12.2 Å². The highest BCUT2D eigenvalue weighted by atomic mass is 16.5. The quantitative estimate of drug-likeness (QED) is 0.545. The van der Waals surface area contributed by atoms with E-state index in [0.29, 0.717) is 30.3 Å². The first-order valence-corrected chi connectivity index (χ1v) is 11.5. The Bertz CT molecular complexity index is 1070. The van der Waals surface area contributed by atoms with Gasteiger partial charge in [-0.15, -0.1) is 0 Å². The van der Waals surface area contributed by atoms with Crippen LogP contribution in [0.1, 0.15) is 60.3 Å². The summed E-state index contributed by atoms with van der Waals surface area (Å²) in [6.45, 7) is 10.4. The summed E-state index contributed by atoms with van der Waals surface area (Å²) in [5.74, 6) is 0.672. The minimum atomic E-state index is -0.848. The molecule has 0 unspecified atom stereocenters. The Kier molecular flexibility index (Phi) is 5.64. The molecule has 0 saturated heterocycles. The van der Waals surface area contributed by atoms with Crippen LogP contribution in [0.4, 0.5) is 0 Å². The molecular weight excluding hydrogens is 408 g/mol. The molecule has 174 valence electrons. The number of rotatable bonds is 4. The lowest BCUT2D eigenvalue weighted by atomic mass is 9.45. The molecule has 0 bridgehead atoms. The molecule has 2 aliphatic carbocycles. The maximum absolute atomic E-state index is 11.7. The minimum Gasteiger partial charge on any atom is -0.493 e. The smallest absolute Gasteiger partial charge is 0.336 e. The first-order valence-electron chi connectivity index (χ1n) is 11.5. The summed E-state index contributed by atoms with van der Waals surface area (Å²) in [7, 11) is 0. The molecule has 4 rings (SSSR count). The highest BCUT2D eigenvalue weighted by Gasteiger charge is 2.61. The second-order valence-corrected chi connectivity index (χ2v) is 10.7. The fourth-order valence-electron chi connectivity index (χ4n) is 6.60. The number of carbonyl (C=O) groups excluding carboxylic acids is 1. The highest BCUT2D eigenvalue weighted by molar-refractivity contribution is 5.77. The predicted molar refractivity (Wildman–Crippen MR) is 121 cm³/mol. The van der Waals surface area contributed by atoms with E-state index in [4.69, 9.17) is 13.9 Å². The average Bonchev–Trinajstić information content (AvgIpc) is 2.69. The number of hydrogen-bond donors (Lipinski definition) is 1. The molecule has 0 radical (unpaired) electrons. The predicted octanol–water partition coefficient (Wildman–Crippen LogP) is 4.71. The third kappa shape index (κ3) is 3.94. The molecule has 2 aromatic rings. The summed E-state index contributed by atoms with van der Waals surface area (Å²) in [6.07, 6.45) is 3.10. The van der Waals surface area contributed by atoms with E-state index in [2.05, 4.69) is 20.8 Å². The van der Waals surface area contributed by atoms with Gasteiger partial charge < -0.3 is 19.0 Å². The number of benzene rings is 1. The van der Waals surface area contributed by atoms with Gasteiger partial charge in [-0.1, -0.05) is 20.8 Å². The van der Waals surface area contributed by atoms with E-state index in [9.17, 15) is 14.7 Å². The summed E-state index contributed by atoms with van der Waals surface area (Å²) in [5, 5.41) is 12.2. The van der Waals surface area contributed by atoms with Crippen LogP contribution >= 0.6 is 0 Å². The van der Waals surface area contributed by atoms with Crippen LogP contribution in [0.25, 0.3) is 11.0 Å². The van der Waals surface area contributed by atoms with E-state index in [1.807, 2.05) is 13.0 Å².